The number of carbonyl (C=O) groups is 3. The summed E-state index contributed by atoms with van der Waals surface area (Å²) in [6, 6.07) is 4.81. The van der Waals surface area contributed by atoms with Crippen LogP contribution in [-0.2, 0) is 31.8 Å². The molecule has 0 saturated carbocycles. The van der Waals surface area contributed by atoms with E-state index in [9.17, 15) is 27.6 Å². The Kier molecular flexibility index (Phi) is 7.26. The smallest absolute Gasteiger partial charge is 0.416 e. The predicted octanol–water partition coefficient (Wildman–Crippen LogP) is 2.71. The molecule has 2 atom stereocenters. The highest BCUT2D eigenvalue weighted by Gasteiger charge is 2.37. The minimum Gasteiger partial charge on any atom is -0.469 e. The van der Waals surface area contributed by atoms with Crippen LogP contribution in [-0.4, -0.2) is 54.3 Å². The summed E-state index contributed by atoms with van der Waals surface area (Å²) in [7, 11) is 1.28. The fourth-order valence-corrected chi connectivity index (χ4v) is 3.40. The molecule has 2 unspecified atom stereocenters. The molecule has 0 aromatic heterocycles. The van der Waals surface area contributed by atoms with E-state index in [-0.39, 0.29) is 37.9 Å². The van der Waals surface area contributed by atoms with Gasteiger partial charge in [-0.15, -0.1) is 0 Å². The molecule has 1 saturated heterocycles. The predicted molar refractivity (Wildman–Crippen MR) is 98.4 cm³/mol. The molecule has 0 aliphatic carbocycles. The molecular formula is C20H25F3N2O4. The zero-order valence-electron chi connectivity index (χ0n) is 16.7. The van der Waals surface area contributed by atoms with Gasteiger partial charge in [0.15, 0.2) is 0 Å². The summed E-state index contributed by atoms with van der Waals surface area (Å²) in [5, 5.41) is 0. The zero-order valence-corrected chi connectivity index (χ0v) is 16.7. The third-order valence-electron chi connectivity index (χ3n) is 4.98. The van der Waals surface area contributed by atoms with Crippen molar-refractivity contribution in [2.75, 3.05) is 26.7 Å². The number of hydrogen-bond donors (Lipinski definition) is 0. The summed E-state index contributed by atoms with van der Waals surface area (Å²) in [5.41, 5.74) is -0.420. The van der Waals surface area contributed by atoms with Crippen molar-refractivity contribution < 1.29 is 32.3 Å². The van der Waals surface area contributed by atoms with Crippen LogP contribution in [0.1, 0.15) is 31.4 Å². The van der Waals surface area contributed by atoms with Crippen LogP contribution < -0.4 is 0 Å². The molecule has 9 heteroatoms. The first kappa shape index (κ1) is 22.7. The average Bonchev–Trinajstić information content (AvgIpc) is 3.04. The second-order valence-corrected chi connectivity index (χ2v) is 7.17. The maximum absolute atomic E-state index is 12.9. The van der Waals surface area contributed by atoms with Crippen molar-refractivity contribution in [2.45, 2.75) is 33.0 Å². The quantitative estimate of drug-likeness (QED) is 0.644. The molecule has 1 aliphatic heterocycles. The molecule has 160 valence electrons. The van der Waals surface area contributed by atoms with Gasteiger partial charge in [-0.25, -0.2) is 0 Å². The van der Waals surface area contributed by atoms with E-state index in [0.29, 0.717) is 12.1 Å². The fourth-order valence-electron chi connectivity index (χ4n) is 3.40. The Bertz CT molecular complexity index is 766. The first-order valence-corrected chi connectivity index (χ1v) is 9.37. The maximum Gasteiger partial charge on any atom is 0.416 e. The summed E-state index contributed by atoms with van der Waals surface area (Å²) in [6.45, 7) is 4.13. The van der Waals surface area contributed by atoms with E-state index >= 15 is 0 Å². The molecule has 1 aliphatic rings. The van der Waals surface area contributed by atoms with Gasteiger partial charge in [-0.3, -0.25) is 14.4 Å². The number of esters is 1. The lowest BCUT2D eigenvalue weighted by Crippen LogP contribution is -2.41. The van der Waals surface area contributed by atoms with Gasteiger partial charge in [-0.2, -0.15) is 13.2 Å². The lowest BCUT2D eigenvalue weighted by molar-refractivity contribution is -0.147. The second-order valence-electron chi connectivity index (χ2n) is 7.17. The highest BCUT2D eigenvalue weighted by molar-refractivity contribution is 5.89. The molecule has 1 fully saturated rings. The normalized spacial score (nSPS) is 17.9. The lowest BCUT2D eigenvalue weighted by Gasteiger charge is -2.26. The number of hydrogen-bond acceptors (Lipinski definition) is 4. The van der Waals surface area contributed by atoms with Crippen LogP contribution in [0.15, 0.2) is 24.3 Å². The summed E-state index contributed by atoms with van der Waals surface area (Å²) in [4.78, 5) is 39.6. The van der Waals surface area contributed by atoms with E-state index < -0.39 is 29.5 Å². The number of methoxy groups -OCH3 is 1. The van der Waals surface area contributed by atoms with Gasteiger partial charge >= 0.3 is 12.1 Å². The number of alkyl halides is 3. The van der Waals surface area contributed by atoms with Crippen molar-refractivity contribution in [1.29, 1.82) is 0 Å². The lowest BCUT2D eigenvalue weighted by atomic mass is 10.1. The summed E-state index contributed by atoms with van der Waals surface area (Å²) in [6.07, 6.45) is -4.46. The molecule has 0 bridgehead atoms. The molecule has 2 rings (SSSR count). The van der Waals surface area contributed by atoms with E-state index in [0.717, 1.165) is 12.1 Å². The van der Waals surface area contributed by atoms with Crippen molar-refractivity contribution in [3.63, 3.8) is 0 Å². The van der Waals surface area contributed by atoms with Gasteiger partial charge in [-0.1, -0.05) is 19.1 Å². The van der Waals surface area contributed by atoms with E-state index in [4.69, 9.17) is 0 Å². The van der Waals surface area contributed by atoms with Gasteiger partial charge < -0.3 is 14.5 Å². The van der Waals surface area contributed by atoms with Crippen LogP contribution in [0.2, 0.25) is 0 Å². The van der Waals surface area contributed by atoms with Gasteiger partial charge in [0, 0.05) is 32.6 Å². The number of carbonyl (C=O) groups excluding carboxylic acids is 3. The first-order valence-electron chi connectivity index (χ1n) is 9.37. The molecule has 0 N–H and O–H groups in total. The minimum atomic E-state index is -4.46. The Morgan fingerprint density at radius 3 is 2.62 bits per heavy atom. The van der Waals surface area contributed by atoms with Crippen LogP contribution in [0, 0.1) is 11.8 Å². The largest absolute Gasteiger partial charge is 0.469 e. The Labute approximate surface area is 167 Å². The SMILES string of the molecule is CCN(CC(C)C(=O)OC)C(=O)C1CC(=O)N(Cc2cccc(C(F)(F)F)c2)C1. The first-order chi connectivity index (χ1) is 13.6. The number of amides is 2. The van der Waals surface area contributed by atoms with Gasteiger partial charge in [0.25, 0.3) is 0 Å². The van der Waals surface area contributed by atoms with Gasteiger partial charge in [0.2, 0.25) is 11.8 Å². The average molecular weight is 414 g/mol. The monoisotopic (exact) mass is 414 g/mol. The van der Waals surface area contributed by atoms with Crippen molar-refractivity contribution in [3.05, 3.63) is 35.4 Å². The number of benzene rings is 1. The van der Waals surface area contributed by atoms with Crippen LogP contribution in [0.5, 0.6) is 0 Å². The number of likely N-dealkylation sites (tertiary alicyclic amines) is 1. The van der Waals surface area contributed by atoms with Gasteiger partial charge in [-0.05, 0) is 24.6 Å². The number of rotatable bonds is 7. The van der Waals surface area contributed by atoms with Gasteiger partial charge in [0.05, 0.1) is 24.5 Å². The van der Waals surface area contributed by atoms with Crippen molar-refractivity contribution in [1.82, 2.24) is 9.80 Å². The zero-order chi connectivity index (χ0) is 21.8. The third kappa shape index (κ3) is 5.71. The Morgan fingerprint density at radius 2 is 2.03 bits per heavy atom. The van der Waals surface area contributed by atoms with Crippen molar-refractivity contribution in [2.24, 2.45) is 11.8 Å². The summed E-state index contributed by atoms with van der Waals surface area (Å²) >= 11 is 0. The molecular weight excluding hydrogens is 389 g/mol. The second kappa shape index (κ2) is 9.28. The van der Waals surface area contributed by atoms with E-state index in [2.05, 4.69) is 4.74 Å². The van der Waals surface area contributed by atoms with Crippen LogP contribution in [0.25, 0.3) is 0 Å². The van der Waals surface area contributed by atoms with Crippen LogP contribution >= 0.6 is 0 Å². The summed E-state index contributed by atoms with van der Waals surface area (Å²) in [5.74, 6) is -2.04. The highest BCUT2D eigenvalue weighted by atomic mass is 19.4. The minimum absolute atomic E-state index is 0.000893. The molecule has 29 heavy (non-hydrogen) atoms. The molecule has 6 nitrogen and oxygen atoms in total. The Morgan fingerprint density at radius 1 is 1.34 bits per heavy atom. The third-order valence-corrected chi connectivity index (χ3v) is 4.98. The maximum atomic E-state index is 12.9. The number of ether oxygens (including phenoxy) is 1. The molecule has 1 aromatic carbocycles. The van der Waals surface area contributed by atoms with E-state index in [1.807, 2.05) is 0 Å². The van der Waals surface area contributed by atoms with Crippen LogP contribution in [0.4, 0.5) is 13.2 Å². The summed E-state index contributed by atoms with van der Waals surface area (Å²) < 4.78 is 43.3. The van der Waals surface area contributed by atoms with E-state index in [1.165, 1.54) is 29.0 Å². The van der Waals surface area contributed by atoms with Crippen LogP contribution in [0.3, 0.4) is 0 Å². The molecule has 1 heterocycles. The molecule has 2 amide bonds. The molecule has 0 radical (unpaired) electrons. The Balaban J connectivity index is 2.04. The number of nitrogens with zero attached hydrogens (tertiary/aromatic N) is 2. The molecule has 0 spiro atoms. The van der Waals surface area contributed by atoms with Crippen molar-refractivity contribution in [3.8, 4) is 0 Å². The molecule has 1 aromatic rings. The fraction of sp³-hybridized carbons (Fsp3) is 0.550. The standard InChI is InChI=1S/C20H25F3N2O4/c1-4-24(10-13(2)19(28)29-3)18(27)15-9-17(26)25(12-15)11-14-6-5-7-16(8-14)20(21,22)23/h5-8,13,15H,4,9-12H2,1-3H3. The van der Waals surface area contributed by atoms with E-state index in [1.54, 1.807) is 13.8 Å². The van der Waals surface area contributed by atoms with Crippen molar-refractivity contribution >= 4 is 17.8 Å². The Hall–Kier alpha value is -2.58. The van der Waals surface area contributed by atoms with Gasteiger partial charge in [0.1, 0.15) is 0 Å². The topological polar surface area (TPSA) is 66.9 Å². The highest BCUT2D eigenvalue weighted by Crippen LogP contribution is 2.30. The number of halogens is 3.